The van der Waals surface area contributed by atoms with E-state index < -0.39 is 18.2 Å². The molecule has 3 aromatic carbocycles. The van der Waals surface area contributed by atoms with Gasteiger partial charge in [-0.1, -0.05) is 91.0 Å². The zero-order chi connectivity index (χ0) is 34.8. The molecule has 0 aliphatic carbocycles. The minimum Gasteiger partial charge on any atom is -0.445 e. The number of morpholine rings is 1. The maximum absolute atomic E-state index is 14.0. The molecule has 50 heavy (non-hydrogen) atoms. The smallest absolute Gasteiger partial charge is 0.408 e. The van der Waals surface area contributed by atoms with Gasteiger partial charge >= 0.3 is 12.2 Å². The van der Waals surface area contributed by atoms with Gasteiger partial charge in [0.25, 0.3) is 0 Å². The molecule has 0 saturated carbocycles. The first-order valence-corrected chi connectivity index (χ1v) is 17.9. The number of alkyl carbamates (subject to hydrolysis) is 2. The molecule has 3 N–H and O–H groups in total. The number of carbonyl (C=O) groups is 3. The molecule has 3 atom stereocenters. The summed E-state index contributed by atoms with van der Waals surface area (Å²) in [5, 5.41) is 9.09. The van der Waals surface area contributed by atoms with Crippen molar-refractivity contribution in [3.05, 3.63) is 124 Å². The van der Waals surface area contributed by atoms with E-state index in [1.54, 1.807) is 11.7 Å². The van der Waals surface area contributed by atoms with Gasteiger partial charge in [0.1, 0.15) is 19.3 Å². The highest BCUT2D eigenvalue weighted by Gasteiger charge is 2.27. The van der Waals surface area contributed by atoms with Crippen molar-refractivity contribution in [1.29, 1.82) is 0 Å². The van der Waals surface area contributed by atoms with Gasteiger partial charge < -0.3 is 30.2 Å². The van der Waals surface area contributed by atoms with Gasteiger partial charge in [-0.25, -0.2) is 9.59 Å². The molecule has 3 amide bonds. The Hall–Kier alpha value is -4.78. The van der Waals surface area contributed by atoms with Crippen LogP contribution in [0.4, 0.5) is 9.59 Å². The summed E-state index contributed by atoms with van der Waals surface area (Å²) in [5.41, 5.74) is 4.54. The molecule has 0 radical (unpaired) electrons. The van der Waals surface area contributed by atoms with E-state index in [9.17, 15) is 14.4 Å². The van der Waals surface area contributed by atoms with Crippen LogP contribution in [0.3, 0.4) is 0 Å². The van der Waals surface area contributed by atoms with Crippen LogP contribution in [0.5, 0.6) is 0 Å². The van der Waals surface area contributed by atoms with Crippen molar-refractivity contribution in [2.24, 2.45) is 0 Å². The number of benzene rings is 3. The SMILES string of the molecule is O=C(N[C@@H](CCN1CCOCC1)C(=O)N[C@H](CC[C@@H](NC(=O)OCc1cncs1)c1ccccc1)Cc1ccccc1)OCc1ccccc1. The molecule has 1 fully saturated rings. The molecule has 4 aromatic rings. The average molecular weight is 700 g/mol. The van der Waals surface area contributed by atoms with Crippen molar-refractivity contribution in [2.75, 3.05) is 32.8 Å². The molecule has 2 heterocycles. The summed E-state index contributed by atoms with van der Waals surface area (Å²) in [5.74, 6) is -0.288. The summed E-state index contributed by atoms with van der Waals surface area (Å²) in [6.07, 6.45) is 2.54. The number of hydrogen-bond acceptors (Lipinski definition) is 9. The third-order valence-electron chi connectivity index (χ3n) is 8.46. The second-order valence-electron chi connectivity index (χ2n) is 12.1. The molecule has 264 valence electrons. The quantitative estimate of drug-likeness (QED) is 0.129. The molecule has 0 spiro atoms. The van der Waals surface area contributed by atoms with Crippen molar-refractivity contribution >= 4 is 29.4 Å². The average Bonchev–Trinajstić information content (AvgIpc) is 3.69. The zero-order valence-corrected chi connectivity index (χ0v) is 28.9. The number of amides is 3. The normalized spacial score (nSPS) is 14.9. The second kappa shape index (κ2) is 20.0. The number of nitrogens with one attached hydrogen (secondary N) is 3. The Morgan fingerprint density at radius 3 is 2.08 bits per heavy atom. The molecule has 12 heteroatoms. The van der Waals surface area contributed by atoms with E-state index in [-0.39, 0.29) is 31.2 Å². The van der Waals surface area contributed by atoms with Gasteiger partial charge in [0.05, 0.1) is 29.6 Å². The fourth-order valence-electron chi connectivity index (χ4n) is 5.75. The standard InChI is InChI=1S/C38H45N5O6S/c44-36(35(18-19-43-20-22-47-23-21-43)42-38(46)48-26-30-12-6-2-7-13-30)40-32(24-29-10-4-1-5-11-29)16-17-34(31-14-8-3-9-15-31)41-37(45)49-27-33-25-39-28-50-33/h1-15,25,28,32,34-35H,16-24,26-27H2,(H,40,44)(H,41,45)(H,42,46)/t32-,34-,35+/m1/s1. The van der Waals surface area contributed by atoms with Gasteiger partial charge in [0, 0.05) is 31.9 Å². The van der Waals surface area contributed by atoms with E-state index in [0.717, 1.165) is 34.7 Å². The second-order valence-corrected chi connectivity index (χ2v) is 13.1. The Morgan fingerprint density at radius 1 is 0.760 bits per heavy atom. The molecule has 1 aromatic heterocycles. The lowest BCUT2D eigenvalue weighted by atomic mass is 9.95. The summed E-state index contributed by atoms with van der Waals surface area (Å²) in [6.45, 7) is 3.66. The van der Waals surface area contributed by atoms with Crippen molar-refractivity contribution in [3.8, 4) is 0 Å². The van der Waals surface area contributed by atoms with E-state index in [0.29, 0.717) is 45.4 Å². The Kier molecular flexibility index (Phi) is 14.6. The summed E-state index contributed by atoms with van der Waals surface area (Å²) < 4.78 is 16.5. The molecule has 0 unspecified atom stereocenters. The topological polar surface area (TPSA) is 131 Å². The van der Waals surface area contributed by atoms with E-state index in [1.165, 1.54) is 11.3 Å². The van der Waals surface area contributed by atoms with Crippen LogP contribution >= 0.6 is 11.3 Å². The summed E-state index contributed by atoms with van der Waals surface area (Å²) in [6, 6.07) is 27.6. The zero-order valence-electron chi connectivity index (χ0n) is 28.1. The molecule has 11 nitrogen and oxygen atoms in total. The van der Waals surface area contributed by atoms with Gasteiger partial charge in [-0.15, -0.1) is 11.3 Å². The Morgan fingerprint density at radius 2 is 1.40 bits per heavy atom. The maximum atomic E-state index is 14.0. The molecule has 1 aliphatic rings. The van der Waals surface area contributed by atoms with Gasteiger partial charge in [-0.2, -0.15) is 0 Å². The molecule has 1 aliphatic heterocycles. The predicted molar refractivity (Wildman–Crippen MR) is 191 cm³/mol. The fraction of sp³-hybridized carbons (Fsp3) is 0.368. The first-order valence-electron chi connectivity index (χ1n) is 17.0. The Labute approximate surface area is 297 Å². The molecular formula is C38H45N5O6S. The number of thiazole rings is 1. The third kappa shape index (κ3) is 12.6. The van der Waals surface area contributed by atoms with Crippen molar-refractivity contribution in [3.63, 3.8) is 0 Å². The molecular weight excluding hydrogens is 655 g/mol. The minimum absolute atomic E-state index is 0.0988. The fourth-order valence-corrected chi connectivity index (χ4v) is 6.25. The van der Waals surface area contributed by atoms with Crippen LogP contribution in [-0.4, -0.2) is 72.9 Å². The first-order chi connectivity index (χ1) is 24.5. The number of hydrogen-bond donors (Lipinski definition) is 3. The van der Waals surface area contributed by atoms with Crippen molar-refractivity contribution < 1.29 is 28.6 Å². The van der Waals surface area contributed by atoms with Gasteiger partial charge in [0.2, 0.25) is 5.91 Å². The minimum atomic E-state index is -0.816. The highest BCUT2D eigenvalue weighted by atomic mass is 32.1. The van der Waals surface area contributed by atoms with Crippen LogP contribution in [0.15, 0.2) is 103 Å². The van der Waals surface area contributed by atoms with Crippen LogP contribution in [-0.2, 0) is 38.6 Å². The van der Waals surface area contributed by atoms with E-state index in [2.05, 4.69) is 25.8 Å². The van der Waals surface area contributed by atoms with Crippen LogP contribution in [0.2, 0.25) is 0 Å². The maximum Gasteiger partial charge on any atom is 0.408 e. The summed E-state index contributed by atoms with van der Waals surface area (Å²) >= 11 is 1.42. The first kappa shape index (κ1) is 36.5. The van der Waals surface area contributed by atoms with Crippen molar-refractivity contribution in [2.45, 2.75) is 57.0 Å². The van der Waals surface area contributed by atoms with Gasteiger partial charge in [-0.3, -0.25) is 14.7 Å². The van der Waals surface area contributed by atoms with Crippen LogP contribution in [0.25, 0.3) is 0 Å². The third-order valence-corrected chi connectivity index (χ3v) is 9.21. The monoisotopic (exact) mass is 699 g/mol. The number of nitrogens with zero attached hydrogens (tertiary/aromatic N) is 2. The number of carbonyl (C=O) groups excluding carboxylic acids is 3. The summed E-state index contributed by atoms with van der Waals surface area (Å²) in [4.78, 5) is 47.0. The lowest BCUT2D eigenvalue weighted by Gasteiger charge is -2.29. The largest absolute Gasteiger partial charge is 0.445 e. The van der Waals surface area contributed by atoms with Crippen LogP contribution in [0.1, 0.15) is 46.9 Å². The van der Waals surface area contributed by atoms with Crippen LogP contribution < -0.4 is 16.0 Å². The Bertz CT molecular complexity index is 1570. The van der Waals surface area contributed by atoms with E-state index >= 15 is 0 Å². The molecule has 0 bridgehead atoms. The van der Waals surface area contributed by atoms with E-state index in [1.807, 2.05) is 91.0 Å². The highest BCUT2D eigenvalue weighted by Crippen LogP contribution is 2.22. The van der Waals surface area contributed by atoms with Gasteiger partial charge in [0.15, 0.2) is 0 Å². The number of ether oxygens (including phenoxy) is 3. The summed E-state index contributed by atoms with van der Waals surface area (Å²) in [7, 11) is 0. The number of rotatable bonds is 17. The molecule has 5 rings (SSSR count). The van der Waals surface area contributed by atoms with Gasteiger partial charge in [-0.05, 0) is 42.4 Å². The van der Waals surface area contributed by atoms with E-state index in [4.69, 9.17) is 14.2 Å². The van der Waals surface area contributed by atoms with Crippen LogP contribution in [0, 0.1) is 0 Å². The molecule has 1 saturated heterocycles. The lowest BCUT2D eigenvalue weighted by molar-refractivity contribution is -0.124. The lowest BCUT2D eigenvalue weighted by Crippen LogP contribution is -2.52. The highest BCUT2D eigenvalue weighted by molar-refractivity contribution is 7.09. The van der Waals surface area contributed by atoms with Crippen molar-refractivity contribution in [1.82, 2.24) is 25.8 Å². The predicted octanol–water partition coefficient (Wildman–Crippen LogP) is 5.64. The number of aromatic nitrogens is 1. The Balaban J connectivity index is 1.26.